The van der Waals surface area contributed by atoms with E-state index in [1.807, 2.05) is 19.1 Å². The molecule has 0 saturated carbocycles. The number of ether oxygens (including phenoxy) is 3. The number of nitrogens with zero attached hydrogens (tertiary/aromatic N) is 1. The smallest absolute Gasteiger partial charge is 0.262 e. The molecule has 1 fully saturated rings. The molecule has 0 atom stereocenters. The van der Waals surface area contributed by atoms with Gasteiger partial charge in [0, 0.05) is 24.3 Å². The molecule has 1 saturated heterocycles. The number of benzene rings is 2. The van der Waals surface area contributed by atoms with E-state index in [2.05, 4.69) is 5.32 Å². The molecule has 2 amide bonds. The molecule has 0 bridgehead atoms. The quantitative estimate of drug-likeness (QED) is 0.828. The Morgan fingerprint density at radius 1 is 1.11 bits per heavy atom. The molecule has 3 rings (SSSR count). The topological polar surface area (TPSA) is 77.1 Å². The fraction of sp³-hybridized carbons (Fsp3) is 0.333. The van der Waals surface area contributed by atoms with Gasteiger partial charge in [0.2, 0.25) is 0 Å². The zero-order valence-electron chi connectivity index (χ0n) is 16.1. The molecule has 2 aromatic rings. The second-order valence-electron chi connectivity index (χ2n) is 6.42. The fourth-order valence-electron chi connectivity index (χ4n) is 2.91. The van der Waals surface area contributed by atoms with Gasteiger partial charge in [0.25, 0.3) is 11.8 Å². The van der Waals surface area contributed by atoms with Crippen LogP contribution < -0.4 is 14.8 Å². The number of amides is 2. The number of hydrogen-bond donors (Lipinski definition) is 1. The molecule has 0 unspecified atom stereocenters. The maximum Gasteiger partial charge on any atom is 0.262 e. The Bertz CT molecular complexity index is 846. The average molecular weight is 384 g/mol. The van der Waals surface area contributed by atoms with E-state index in [-0.39, 0.29) is 18.4 Å². The van der Waals surface area contributed by atoms with Crippen molar-refractivity contribution in [2.45, 2.75) is 6.92 Å². The number of nitrogens with one attached hydrogen (secondary N) is 1. The Hall–Kier alpha value is -3.06. The van der Waals surface area contributed by atoms with Crippen LogP contribution in [0.1, 0.15) is 15.9 Å². The Labute approximate surface area is 164 Å². The van der Waals surface area contributed by atoms with Crippen molar-refractivity contribution in [2.75, 3.05) is 45.3 Å². The van der Waals surface area contributed by atoms with Crippen molar-refractivity contribution < 1.29 is 23.8 Å². The zero-order valence-corrected chi connectivity index (χ0v) is 16.1. The van der Waals surface area contributed by atoms with Gasteiger partial charge in [0.05, 0.1) is 20.3 Å². The molecular weight excluding hydrogens is 360 g/mol. The minimum absolute atomic E-state index is 0.0657. The zero-order chi connectivity index (χ0) is 19.9. The molecule has 2 aromatic carbocycles. The van der Waals surface area contributed by atoms with Crippen molar-refractivity contribution in [2.24, 2.45) is 0 Å². The highest BCUT2D eigenvalue weighted by atomic mass is 16.5. The highest BCUT2D eigenvalue weighted by Gasteiger charge is 2.19. The Morgan fingerprint density at radius 3 is 2.54 bits per heavy atom. The van der Waals surface area contributed by atoms with E-state index in [0.717, 1.165) is 5.56 Å². The minimum Gasteiger partial charge on any atom is -0.493 e. The molecule has 0 radical (unpaired) electrons. The maximum absolute atomic E-state index is 12.6. The van der Waals surface area contributed by atoms with Gasteiger partial charge in [0.15, 0.2) is 18.1 Å². The van der Waals surface area contributed by atoms with Gasteiger partial charge in [-0.25, -0.2) is 0 Å². The summed E-state index contributed by atoms with van der Waals surface area (Å²) < 4.78 is 16.0. The van der Waals surface area contributed by atoms with E-state index in [1.54, 1.807) is 42.3 Å². The standard InChI is InChI=1S/C21H24N2O5/c1-15-7-8-16(21(25)23-9-11-27-12-10-23)13-17(15)22-20(24)14-28-19-6-4-3-5-18(19)26-2/h3-8,13H,9-12,14H2,1-2H3,(H,22,24). The largest absolute Gasteiger partial charge is 0.493 e. The number of aryl methyl sites for hydroxylation is 1. The third-order valence-corrected chi connectivity index (χ3v) is 4.48. The van der Waals surface area contributed by atoms with Crippen LogP contribution in [0.15, 0.2) is 42.5 Å². The molecule has 1 aliphatic rings. The number of rotatable bonds is 6. The molecule has 148 valence electrons. The monoisotopic (exact) mass is 384 g/mol. The minimum atomic E-state index is -0.315. The Kier molecular flexibility index (Phi) is 6.49. The van der Waals surface area contributed by atoms with Crippen molar-refractivity contribution in [3.05, 3.63) is 53.6 Å². The van der Waals surface area contributed by atoms with E-state index in [0.29, 0.717) is 49.1 Å². The molecule has 1 heterocycles. The molecule has 1 aliphatic heterocycles. The summed E-state index contributed by atoms with van der Waals surface area (Å²) in [6.45, 7) is 3.94. The van der Waals surface area contributed by atoms with Gasteiger partial charge in [-0.05, 0) is 36.8 Å². The second-order valence-corrected chi connectivity index (χ2v) is 6.42. The lowest BCUT2D eigenvalue weighted by Gasteiger charge is -2.27. The van der Waals surface area contributed by atoms with Crippen molar-refractivity contribution in [1.82, 2.24) is 4.90 Å². The van der Waals surface area contributed by atoms with E-state index in [9.17, 15) is 9.59 Å². The van der Waals surface area contributed by atoms with Crippen LogP contribution in [0.3, 0.4) is 0 Å². The van der Waals surface area contributed by atoms with Gasteiger partial charge >= 0.3 is 0 Å². The lowest BCUT2D eigenvalue weighted by molar-refractivity contribution is -0.118. The van der Waals surface area contributed by atoms with E-state index >= 15 is 0 Å². The third-order valence-electron chi connectivity index (χ3n) is 4.48. The van der Waals surface area contributed by atoms with Gasteiger partial charge < -0.3 is 24.4 Å². The first-order valence-corrected chi connectivity index (χ1v) is 9.12. The summed E-state index contributed by atoms with van der Waals surface area (Å²) in [4.78, 5) is 26.7. The summed E-state index contributed by atoms with van der Waals surface area (Å²) in [5, 5.41) is 2.82. The summed E-state index contributed by atoms with van der Waals surface area (Å²) in [5.41, 5.74) is 1.99. The van der Waals surface area contributed by atoms with Crippen LogP contribution in [-0.4, -0.2) is 56.7 Å². The van der Waals surface area contributed by atoms with Gasteiger partial charge in [-0.2, -0.15) is 0 Å². The number of para-hydroxylation sites is 2. The summed E-state index contributed by atoms with van der Waals surface area (Å²) in [6.07, 6.45) is 0. The predicted molar refractivity (Wildman–Crippen MR) is 105 cm³/mol. The SMILES string of the molecule is COc1ccccc1OCC(=O)Nc1cc(C(=O)N2CCOCC2)ccc1C. The number of methoxy groups -OCH3 is 1. The first kappa shape index (κ1) is 19.7. The Morgan fingerprint density at radius 2 is 1.82 bits per heavy atom. The van der Waals surface area contributed by atoms with Gasteiger partial charge in [-0.3, -0.25) is 9.59 Å². The lowest BCUT2D eigenvalue weighted by Crippen LogP contribution is -2.40. The molecule has 1 N–H and O–H groups in total. The van der Waals surface area contributed by atoms with Gasteiger partial charge in [-0.15, -0.1) is 0 Å². The van der Waals surface area contributed by atoms with Crippen LogP contribution >= 0.6 is 0 Å². The molecule has 0 spiro atoms. The first-order chi connectivity index (χ1) is 13.6. The summed E-state index contributed by atoms with van der Waals surface area (Å²) in [5.74, 6) is 0.673. The maximum atomic E-state index is 12.6. The predicted octanol–water partition coefficient (Wildman–Crippen LogP) is 2.49. The first-order valence-electron chi connectivity index (χ1n) is 9.12. The van der Waals surface area contributed by atoms with Crippen LogP contribution in [-0.2, 0) is 9.53 Å². The number of carbonyl (C=O) groups is 2. The number of carbonyl (C=O) groups excluding carboxylic acids is 2. The van der Waals surface area contributed by atoms with Crippen LogP contribution in [0.5, 0.6) is 11.5 Å². The average Bonchev–Trinajstić information content (AvgIpc) is 2.74. The second kappa shape index (κ2) is 9.23. The van der Waals surface area contributed by atoms with Crippen molar-refractivity contribution in [3.63, 3.8) is 0 Å². The number of hydrogen-bond acceptors (Lipinski definition) is 5. The summed E-state index contributed by atoms with van der Waals surface area (Å²) >= 11 is 0. The molecule has 7 nitrogen and oxygen atoms in total. The van der Waals surface area contributed by atoms with Gasteiger partial charge in [0.1, 0.15) is 0 Å². The van der Waals surface area contributed by atoms with Crippen LogP contribution in [0, 0.1) is 6.92 Å². The van der Waals surface area contributed by atoms with Crippen LogP contribution in [0.4, 0.5) is 5.69 Å². The normalized spacial score (nSPS) is 13.7. The van der Waals surface area contributed by atoms with Crippen LogP contribution in [0.25, 0.3) is 0 Å². The lowest BCUT2D eigenvalue weighted by atomic mass is 10.1. The van der Waals surface area contributed by atoms with Crippen molar-refractivity contribution >= 4 is 17.5 Å². The third kappa shape index (κ3) is 4.80. The molecule has 28 heavy (non-hydrogen) atoms. The van der Waals surface area contributed by atoms with Gasteiger partial charge in [-0.1, -0.05) is 18.2 Å². The summed E-state index contributed by atoms with van der Waals surface area (Å²) in [7, 11) is 1.54. The molecule has 0 aliphatic carbocycles. The highest BCUT2D eigenvalue weighted by molar-refractivity contribution is 5.98. The van der Waals surface area contributed by atoms with Crippen LogP contribution in [0.2, 0.25) is 0 Å². The van der Waals surface area contributed by atoms with E-state index in [1.165, 1.54) is 0 Å². The molecule has 7 heteroatoms. The van der Waals surface area contributed by atoms with Crippen molar-refractivity contribution in [1.29, 1.82) is 0 Å². The number of morpholine rings is 1. The van der Waals surface area contributed by atoms with E-state index in [4.69, 9.17) is 14.2 Å². The highest BCUT2D eigenvalue weighted by Crippen LogP contribution is 2.25. The van der Waals surface area contributed by atoms with E-state index < -0.39 is 0 Å². The van der Waals surface area contributed by atoms with Crippen molar-refractivity contribution in [3.8, 4) is 11.5 Å². The molecule has 0 aromatic heterocycles. The number of anilines is 1. The summed E-state index contributed by atoms with van der Waals surface area (Å²) in [6, 6.07) is 12.4. The fourth-order valence-corrected chi connectivity index (χ4v) is 2.91. The molecular formula is C21H24N2O5. The Balaban J connectivity index is 1.64.